The Balaban J connectivity index is 0.00000243. The molecule has 2 aliphatic heterocycles. The molecule has 0 radical (unpaired) electrons. The molecule has 1 aromatic rings. The molecule has 0 aliphatic carbocycles. The van der Waals surface area contributed by atoms with Gasteiger partial charge in [-0.05, 0) is 32.8 Å². The van der Waals surface area contributed by atoms with E-state index in [1.165, 1.54) is 0 Å². The van der Waals surface area contributed by atoms with Crippen molar-refractivity contribution in [2.75, 3.05) is 32.9 Å². The maximum Gasteiger partial charge on any atom is 0.191 e. The first-order valence-electron chi connectivity index (χ1n) is 9.24. The SMILES string of the molecule is CCNC(=NCc1cccc2c1OCCCO2)NCC1(C)CCCO1.I. The molecule has 1 aromatic carbocycles. The van der Waals surface area contributed by atoms with E-state index in [1.807, 2.05) is 18.2 Å². The molecule has 1 saturated heterocycles. The summed E-state index contributed by atoms with van der Waals surface area (Å²) in [5, 5.41) is 6.71. The Morgan fingerprint density at radius 3 is 2.77 bits per heavy atom. The van der Waals surface area contributed by atoms with Crippen LogP contribution in [0, 0.1) is 0 Å². The summed E-state index contributed by atoms with van der Waals surface area (Å²) in [6.45, 7) is 8.56. The normalized spacial score (nSPS) is 22.3. The Kier molecular flexibility index (Phi) is 8.27. The van der Waals surface area contributed by atoms with Crippen LogP contribution >= 0.6 is 24.0 Å². The number of hydrogen-bond acceptors (Lipinski definition) is 4. The van der Waals surface area contributed by atoms with Gasteiger partial charge in [0.05, 0.1) is 25.4 Å². The van der Waals surface area contributed by atoms with Crippen LogP contribution in [0.5, 0.6) is 11.5 Å². The van der Waals surface area contributed by atoms with Crippen LogP contribution in [0.25, 0.3) is 0 Å². The molecule has 0 amide bonds. The van der Waals surface area contributed by atoms with Gasteiger partial charge in [-0.3, -0.25) is 0 Å². The van der Waals surface area contributed by atoms with Gasteiger partial charge in [-0.2, -0.15) is 0 Å². The van der Waals surface area contributed by atoms with Crippen LogP contribution in [0.4, 0.5) is 0 Å². The van der Waals surface area contributed by atoms with E-state index in [4.69, 9.17) is 19.2 Å². The second kappa shape index (κ2) is 10.2. The lowest BCUT2D eigenvalue weighted by molar-refractivity contribution is 0.0243. The molecule has 1 fully saturated rings. The number of benzene rings is 1. The van der Waals surface area contributed by atoms with Gasteiger partial charge in [-0.25, -0.2) is 4.99 Å². The van der Waals surface area contributed by atoms with Crippen LogP contribution in [-0.2, 0) is 11.3 Å². The summed E-state index contributed by atoms with van der Waals surface area (Å²) in [7, 11) is 0. The third-order valence-electron chi connectivity index (χ3n) is 4.54. The number of rotatable bonds is 5. The third kappa shape index (κ3) is 5.64. The zero-order chi connectivity index (χ0) is 17.5. The van der Waals surface area contributed by atoms with Gasteiger partial charge >= 0.3 is 0 Å². The van der Waals surface area contributed by atoms with Gasteiger partial charge < -0.3 is 24.8 Å². The van der Waals surface area contributed by atoms with Crippen molar-refractivity contribution in [2.45, 2.75) is 45.3 Å². The topological polar surface area (TPSA) is 64.1 Å². The lowest BCUT2D eigenvalue weighted by Crippen LogP contribution is -2.45. The predicted molar refractivity (Wildman–Crippen MR) is 114 cm³/mol. The smallest absolute Gasteiger partial charge is 0.191 e. The maximum atomic E-state index is 5.87. The molecule has 1 unspecified atom stereocenters. The number of ether oxygens (including phenoxy) is 3. The molecular weight excluding hydrogens is 445 g/mol. The number of para-hydroxylation sites is 1. The highest BCUT2D eigenvalue weighted by Crippen LogP contribution is 2.33. The summed E-state index contributed by atoms with van der Waals surface area (Å²) in [5.41, 5.74) is 0.941. The van der Waals surface area contributed by atoms with Gasteiger partial charge in [-0.15, -0.1) is 24.0 Å². The monoisotopic (exact) mass is 475 g/mol. The number of nitrogens with zero attached hydrogens (tertiary/aromatic N) is 1. The van der Waals surface area contributed by atoms with Gasteiger partial charge in [0.15, 0.2) is 17.5 Å². The van der Waals surface area contributed by atoms with Crippen molar-refractivity contribution in [1.29, 1.82) is 0 Å². The zero-order valence-corrected chi connectivity index (χ0v) is 18.0. The van der Waals surface area contributed by atoms with Crippen LogP contribution < -0.4 is 20.1 Å². The average Bonchev–Trinajstić information content (AvgIpc) is 2.90. The first kappa shape index (κ1) is 21.1. The Labute approximate surface area is 173 Å². The lowest BCUT2D eigenvalue weighted by atomic mass is 10.0. The number of halogens is 1. The Hall–Kier alpha value is -1.22. The van der Waals surface area contributed by atoms with E-state index in [9.17, 15) is 0 Å². The Morgan fingerprint density at radius 2 is 2.00 bits per heavy atom. The quantitative estimate of drug-likeness (QED) is 0.390. The molecule has 146 valence electrons. The molecule has 26 heavy (non-hydrogen) atoms. The number of aliphatic imine (C=N–C) groups is 1. The highest BCUT2D eigenvalue weighted by atomic mass is 127. The second-order valence-corrected chi connectivity index (χ2v) is 6.75. The van der Waals surface area contributed by atoms with Gasteiger partial charge in [0.1, 0.15) is 0 Å². The lowest BCUT2D eigenvalue weighted by Gasteiger charge is -2.24. The van der Waals surface area contributed by atoms with Crippen LogP contribution in [0.3, 0.4) is 0 Å². The summed E-state index contributed by atoms with van der Waals surface area (Å²) < 4.78 is 17.5. The zero-order valence-electron chi connectivity index (χ0n) is 15.7. The van der Waals surface area contributed by atoms with Gasteiger partial charge in [0.25, 0.3) is 0 Å². The first-order valence-corrected chi connectivity index (χ1v) is 9.24. The van der Waals surface area contributed by atoms with Crippen molar-refractivity contribution in [1.82, 2.24) is 10.6 Å². The molecule has 2 aliphatic rings. The highest BCUT2D eigenvalue weighted by molar-refractivity contribution is 14.0. The number of fused-ring (bicyclic) bond motifs is 1. The van der Waals surface area contributed by atoms with Crippen molar-refractivity contribution < 1.29 is 14.2 Å². The predicted octanol–water partition coefficient (Wildman–Crippen LogP) is 3.09. The minimum atomic E-state index is -0.100. The molecule has 6 nitrogen and oxygen atoms in total. The summed E-state index contributed by atoms with van der Waals surface area (Å²) in [6.07, 6.45) is 3.11. The molecular formula is C19H30IN3O3. The summed E-state index contributed by atoms with van der Waals surface area (Å²) in [6, 6.07) is 5.99. The fraction of sp³-hybridized carbons (Fsp3) is 0.632. The Bertz CT molecular complexity index is 604. The third-order valence-corrected chi connectivity index (χ3v) is 4.54. The van der Waals surface area contributed by atoms with Crippen molar-refractivity contribution in [3.05, 3.63) is 23.8 Å². The molecule has 0 aromatic heterocycles. The van der Waals surface area contributed by atoms with E-state index >= 15 is 0 Å². The van der Waals surface area contributed by atoms with E-state index in [2.05, 4.69) is 24.5 Å². The average molecular weight is 475 g/mol. The minimum absolute atomic E-state index is 0. The highest BCUT2D eigenvalue weighted by Gasteiger charge is 2.29. The fourth-order valence-corrected chi connectivity index (χ4v) is 3.13. The maximum absolute atomic E-state index is 5.87. The number of hydrogen-bond donors (Lipinski definition) is 2. The summed E-state index contributed by atoms with van der Waals surface area (Å²) in [4.78, 5) is 4.72. The molecule has 0 bridgehead atoms. The molecule has 2 heterocycles. The summed E-state index contributed by atoms with van der Waals surface area (Å²) >= 11 is 0. The van der Waals surface area contributed by atoms with Gasteiger partial charge in [0.2, 0.25) is 0 Å². The summed E-state index contributed by atoms with van der Waals surface area (Å²) in [5.74, 6) is 2.44. The van der Waals surface area contributed by atoms with Gasteiger partial charge in [-0.1, -0.05) is 12.1 Å². The van der Waals surface area contributed by atoms with Crippen molar-refractivity contribution >= 4 is 29.9 Å². The molecule has 1 atom stereocenters. The first-order chi connectivity index (χ1) is 12.2. The van der Waals surface area contributed by atoms with E-state index < -0.39 is 0 Å². The second-order valence-electron chi connectivity index (χ2n) is 6.75. The van der Waals surface area contributed by atoms with Crippen LogP contribution in [0.15, 0.2) is 23.2 Å². The van der Waals surface area contributed by atoms with Crippen LogP contribution in [0.1, 0.15) is 38.7 Å². The van der Waals surface area contributed by atoms with E-state index in [0.717, 1.165) is 62.0 Å². The largest absolute Gasteiger partial charge is 0.490 e. The molecule has 0 saturated carbocycles. The van der Waals surface area contributed by atoms with Gasteiger partial charge in [0, 0.05) is 31.7 Å². The van der Waals surface area contributed by atoms with Crippen molar-refractivity contribution in [2.24, 2.45) is 4.99 Å². The number of guanidine groups is 1. The molecule has 2 N–H and O–H groups in total. The van der Waals surface area contributed by atoms with E-state index in [0.29, 0.717) is 19.8 Å². The standard InChI is InChI=1S/C19H29N3O3.HI/c1-3-20-18(22-14-19(2)9-5-12-25-19)21-13-15-7-4-8-16-17(15)24-11-6-10-23-16;/h4,7-8H,3,5-6,9-14H2,1-2H3,(H2,20,21,22);1H. The number of nitrogens with one attached hydrogen (secondary N) is 2. The minimum Gasteiger partial charge on any atom is -0.490 e. The van der Waals surface area contributed by atoms with Crippen molar-refractivity contribution in [3.8, 4) is 11.5 Å². The molecule has 3 rings (SSSR count). The molecule has 0 spiro atoms. The van der Waals surface area contributed by atoms with Crippen LogP contribution in [-0.4, -0.2) is 44.5 Å². The van der Waals surface area contributed by atoms with E-state index in [1.54, 1.807) is 0 Å². The van der Waals surface area contributed by atoms with E-state index in [-0.39, 0.29) is 29.6 Å². The molecule has 7 heteroatoms. The van der Waals surface area contributed by atoms with Crippen LogP contribution in [0.2, 0.25) is 0 Å². The Morgan fingerprint density at radius 1 is 1.15 bits per heavy atom. The van der Waals surface area contributed by atoms with Crippen molar-refractivity contribution in [3.63, 3.8) is 0 Å². The fourth-order valence-electron chi connectivity index (χ4n) is 3.13.